The van der Waals surface area contributed by atoms with E-state index in [-0.39, 0.29) is 5.91 Å². The molecular weight excluding hydrogens is 573 g/mol. The van der Waals surface area contributed by atoms with Crippen molar-refractivity contribution in [3.63, 3.8) is 0 Å². The molecule has 2 aromatic carbocycles. The number of oxazole rings is 1. The van der Waals surface area contributed by atoms with Gasteiger partial charge >= 0.3 is 0 Å². The molecule has 214 valence electrons. The molecule has 6 aromatic rings. The van der Waals surface area contributed by atoms with Crippen LogP contribution in [0, 0.1) is 6.92 Å². The van der Waals surface area contributed by atoms with Crippen LogP contribution in [0.4, 0.5) is 11.6 Å². The van der Waals surface area contributed by atoms with Crippen LogP contribution in [0.1, 0.15) is 20.8 Å². The predicted octanol–water partition coefficient (Wildman–Crippen LogP) is 7.11. The minimum absolute atomic E-state index is 0.297. The molecule has 0 fully saturated rings. The summed E-state index contributed by atoms with van der Waals surface area (Å²) in [5, 5.41) is 2.98. The van der Waals surface area contributed by atoms with E-state index in [1.807, 2.05) is 60.2 Å². The highest BCUT2D eigenvalue weighted by molar-refractivity contribution is 8.25. The van der Waals surface area contributed by atoms with Crippen LogP contribution < -0.4 is 9.62 Å². The van der Waals surface area contributed by atoms with E-state index < -0.39 is 10.8 Å². The van der Waals surface area contributed by atoms with Crippen molar-refractivity contribution in [2.75, 3.05) is 16.7 Å². The molecule has 0 spiro atoms. The number of fused-ring (bicyclic) bond motifs is 1. The quantitative estimate of drug-likeness (QED) is 0.160. The number of nitrogens with one attached hydrogen (secondary N) is 1. The maximum Gasteiger partial charge on any atom is 0.268 e. The van der Waals surface area contributed by atoms with E-state index in [4.69, 9.17) is 9.40 Å². The van der Waals surface area contributed by atoms with Gasteiger partial charge < -0.3 is 8.98 Å². The maximum absolute atomic E-state index is 13.3. The van der Waals surface area contributed by atoms with E-state index in [9.17, 15) is 13.9 Å². The number of carbonyl (C=O) groups is 1. The summed E-state index contributed by atoms with van der Waals surface area (Å²) in [6, 6.07) is 20.1. The summed E-state index contributed by atoms with van der Waals surface area (Å²) < 4.78 is 31.0. The smallest absolute Gasteiger partial charge is 0.268 e. The minimum atomic E-state index is -3.29. The largest absolute Gasteiger partial charge is 0.443 e. The number of nitrogens with zero attached hydrogens (tertiary/aromatic N) is 5. The average Bonchev–Trinajstić information content (AvgIpc) is 3.76. The van der Waals surface area contributed by atoms with Gasteiger partial charge in [-0.15, -0.1) is 11.3 Å². The van der Waals surface area contributed by atoms with E-state index in [1.165, 1.54) is 22.0 Å². The van der Waals surface area contributed by atoms with Crippen LogP contribution in [0.2, 0.25) is 0 Å². The second-order valence-electron chi connectivity index (χ2n) is 9.68. The van der Waals surface area contributed by atoms with Crippen molar-refractivity contribution < 1.29 is 18.3 Å². The molecule has 0 saturated carbocycles. The lowest BCUT2D eigenvalue weighted by atomic mass is 10.2. The number of benzene rings is 2. The van der Waals surface area contributed by atoms with Gasteiger partial charge in [0.15, 0.2) is 12.2 Å². The van der Waals surface area contributed by atoms with Gasteiger partial charge in [-0.25, -0.2) is 9.97 Å². The SMILES string of the molecule is Cc1ccc(S(O)(O)N(C)c2ccc3c(c2)nc(NC(=O)c2ccc(-c4cnco4)s2)n3CCc2cccnc2)cc1. The molecule has 4 aromatic heterocycles. The van der Waals surface area contributed by atoms with Crippen LogP contribution in [0.25, 0.3) is 21.7 Å². The second-order valence-corrected chi connectivity index (χ2v) is 12.8. The van der Waals surface area contributed by atoms with Gasteiger partial charge in [0.2, 0.25) is 5.95 Å². The zero-order valence-electron chi connectivity index (χ0n) is 22.8. The molecule has 42 heavy (non-hydrogen) atoms. The second kappa shape index (κ2) is 11.4. The number of amides is 1. The number of anilines is 2. The first-order valence-electron chi connectivity index (χ1n) is 13.1. The molecule has 0 aliphatic carbocycles. The molecule has 0 saturated heterocycles. The average molecular weight is 601 g/mol. The Morgan fingerprint density at radius 1 is 1.07 bits per heavy atom. The first-order chi connectivity index (χ1) is 20.3. The molecule has 0 unspecified atom stereocenters. The van der Waals surface area contributed by atoms with Gasteiger partial charge in [0.1, 0.15) is 0 Å². The van der Waals surface area contributed by atoms with Crippen LogP contribution in [0.15, 0.2) is 101 Å². The molecule has 6 rings (SSSR count). The van der Waals surface area contributed by atoms with Gasteiger partial charge in [0, 0.05) is 26.0 Å². The number of carbonyl (C=O) groups excluding carboxylic acids is 1. The molecular formula is C30H28N6O4S2. The Morgan fingerprint density at radius 2 is 1.90 bits per heavy atom. The van der Waals surface area contributed by atoms with Gasteiger partial charge in [0.25, 0.3) is 5.91 Å². The number of hydrogen-bond acceptors (Lipinski definition) is 9. The third kappa shape index (κ3) is 5.52. The molecule has 1 amide bonds. The van der Waals surface area contributed by atoms with Crippen molar-refractivity contribution in [3.05, 3.63) is 108 Å². The molecule has 0 aliphatic rings. The topological polar surface area (TPSA) is 130 Å². The number of aromatic nitrogens is 4. The van der Waals surface area contributed by atoms with Crippen molar-refractivity contribution in [1.82, 2.24) is 19.5 Å². The van der Waals surface area contributed by atoms with E-state index >= 15 is 0 Å². The zero-order valence-corrected chi connectivity index (χ0v) is 24.5. The number of rotatable bonds is 9. The molecule has 0 aliphatic heterocycles. The zero-order chi connectivity index (χ0) is 29.3. The molecule has 0 bridgehead atoms. The fourth-order valence-corrected chi connectivity index (χ4v) is 6.62. The Morgan fingerprint density at radius 3 is 2.64 bits per heavy atom. The Hall–Kier alpha value is -4.49. The maximum atomic E-state index is 13.3. The Labute approximate surface area is 247 Å². The van der Waals surface area contributed by atoms with E-state index in [2.05, 4.69) is 15.3 Å². The summed E-state index contributed by atoms with van der Waals surface area (Å²) in [4.78, 5) is 27.9. The van der Waals surface area contributed by atoms with Crippen LogP contribution in [-0.4, -0.2) is 41.6 Å². The number of hydrogen-bond donors (Lipinski definition) is 3. The van der Waals surface area contributed by atoms with Crippen molar-refractivity contribution in [2.45, 2.75) is 24.8 Å². The number of aryl methyl sites for hydroxylation is 3. The fourth-order valence-electron chi connectivity index (χ4n) is 4.54. The summed E-state index contributed by atoms with van der Waals surface area (Å²) in [6.07, 6.45) is 7.18. The summed E-state index contributed by atoms with van der Waals surface area (Å²) in [7, 11) is -1.65. The minimum Gasteiger partial charge on any atom is -0.443 e. The monoisotopic (exact) mass is 600 g/mol. The molecule has 0 atom stereocenters. The van der Waals surface area contributed by atoms with Gasteiger partial charge in [-0.1, -0.05) is 34.5 Å². The molecule has 4 heterocycles. The molecule has 0 radical (unpaired) electrons. The van der Waals surface area contributed by atoms with E-state index in [0.717, 1.165) is 21.5 Å². The highest BCUT2D eigenvalue weighted by Gasteiger charge is 2.24. The van der Waals surface area contributed by atoms with Crippen molar-refractivity contribution in [2.24, 2.45) is 0 Å². The summed E-state index contributed by atoms with van der Waals surface area (Å²) >= 11 is 1.30. The third-order valence-corrected chi connectivity index (χ3v) is 9.87. The summed E-state index contributed by atoms with van der Waals surface area (Å²) in [6.45, 7) is 2.49. The lowest BCUT2D eigenvalue weighted by molar-refractivity contribution is 0.102. The number of imidazole rings is 1. The lowest BCUT2D eigenvalue weighted by Gasteiger charge is -2.42. The Bertz CT molecular complexity index is 1830. The summed E-state index contributed by atoms with van der Waals surface area (Å²) in [5.74, 6) is 0.684. The summed E-state index contributed by atoms with van der Waals surface area (Å²) in [5.41, 5.74) is 4.06. The standard InChI is InChI=1S/C30H28N6O4S2/c1-20-5-8-23(9-6-20)42(38,39)35(2)22-7-10-25-24(16-22)33-30(36(25)15-13-21-4-3-14-31-17-21)34-29(37)28-12-11-27(41-28)26-18-32-19-40-26/h3-12,14,16-19,38-39H,13,15H2,1-2H3,(H,33,34,37). The normalized spacial score (nSPS) is 12.0. The van der Waals surface area contributed by atoms with Crippen LogP contribution in [0.3, 0.4) is 0 Å². The Balaban J connectivity index is 1.32. The lowest BCUT2D eigenvalue weighted by Crippen LogP contribution is -2.22. The molecule has 3 N–H and O–H groups in total. The van der Waals surface area contributed by atoms with Gasteiger partial charge in [-0.05, 0) is 67.4 Å². The highest BCUT2D eigenvalue weighted by atomic mass is 32.3. The van der Waals surface area contributed by atoms with Crippen molar-refractivity contribution in [3.8, 4) is 10.6 Å². The molecule has 10 nitrogen and oxygen atoms in total. The van der Waals surface area contributed by atoms with E-state index in [1.54, 1.807) is 43.7 Å². The van der Waals surface area contributed by atoms with Crippen molar-refractivity contribution in [1.29, 1.82) is 0 Å². The Kier molecular flexibility index (Phi) is 7.52. The van der Waals surface area contributed by atoms with Crippen LogP contribution in [-0.2, 0) is 13.0 Å². The number of pyridine rings is 1. The predicted molar refractivity (Wildman–Crippen MR) is 166 cm³/mol. The highest BCUT2D eigenvalue weighted by Crippen LogP contribution is 2.52. The van der Waals surface area contributed by atoms with Crippen LogP contribution in [0.5, 0.6) is 0 Å². The van der Waals surface area contributed by atoms with Gasteiger partial charge in [0.05, 0.1) is 37.6 Å². The third-order valence-electron chi connectivity index (χ3n) is 6.89. The van der Waals surface area contributed by atoms with Crippen LogP contribution >= 0.6 is 22.1 Å². The van der Waals surface area contributed by atoms with Crippen molar-refractivity contribution >= 4 is 50.7 Å². The first kappa shape index (κ1) is 27.7. The van der Waals surface area contributed by atoms with E-state index in [0.29, 0.717) is 45.7 Å². The number of thiophene rings is 1. The first-order valence-corrected chi connectivity index (χ1v) is 15.4. The molecule has 12 heteroatoms. The van der Waals surface area contributed by atoms with Gasteiger partial charge in [-0.3, -0.25) is 28.5 Å². The van der Waals surface area contributed by atoms with Gasteiger partial charge in [-0.2, -0.15) is 0 Å². The fraction of sp³-hybridized carbons (Fsp3) is 0.133.